The SMILES string of the molecule is CCOC(=O)CCC(=O)OC(C)C1CCCC1. The van der Waals surface area contributed by atoms with Gasteiger partial charge in [0.1, 0.15) is 6.10 Å². The van der Waals surface area contributed by atoms with Crippen molar-refractivity contribution in [3.8, 4) is 0 Å². The number of carbonyl (C=O) groups excluding carboxylic acids is 2. The second kappa shape index (κ2) is 7.30. The third-order valence-corrected chi connectivity index (χ3v) is 3.22. The Labute approximate surface area is 103 Å². The highest BCUT2D eigenvalue weighted by Gasteiger charge is 2.24. The molecule has 1 fully saturated rings. The van der Waals surface area contributed by atoms with E-state index in [0.29, 0.717) is 12.5 Å². The number of rotatable bonds is 6. The van der Waals surface area contributed by atoms with E-state index in [4.69, 9.17) is 9.47 Å². The van der Waals surface area contributed by atoms with E-state index in [9.17, 15) is 9.59 Å². The lowest BCUT2D eigenvalue weighted by molar-refractivity contribution is -0.154. The maximum absolute atomic E-state index is 11.5. The van der Waals surface area contributed by atoms with Crippen molar-refractivity contribution in [2.24, 2.45) is 5.92 Å². The first kappa shape index (κ1) is 14.0. The van der Waals surface area contributed by atoms with Crippen LogP contribution in [0, 0.1) is 5.92 Å². The first-order chi connectivity index (χ1) is 8.13. The molecule has 0 aromatic carbocycles. The Morgan fingerprint density at radius 3 is 2.35 bits per heavy atom. The molecule has 1 rings (SSSR count). The number of ether oxygens (including phenoxy) is 2. The summed E-state index contributed by atoms with van der Waals surface area (Å²) in [5, 5.41) is 0. The molecule has 1 unspecified atom stereocenters. The van der Waals surface area contributed by atoms with Gasteiger partial charge in [-0.3, -0.25) is 9.59 Å². The molecular weight excluding hydrogens is 220 g/mol. The van der Waals surface area contributed by atoms with Crippen molar-refractivity contribution in [2.45, 2.75) is 58.5 Å². The second-order valence-corrected chi connectivity index (χ2v) is 4.54. The Morgan fingerprint density at radius 2 is 1.76 bits per heavy atom. The fourth-order valence-electron chi connectivity index (χ4n) is 2.23. The van der Waals surface area contributed by atoms with E-state index < -0.39 is 0 Å². The Bertz CT molecular complexity index is 256. The molecule has 0 saturated heterocycles. The Hall–Kier alpha value is -1.06. The molecule has 1 atom stereocenters. The summed E-state index contributed by atoms with van der Waals surface area (Å²) < 4.78 is 10.1. The zero-order chi connectivity index (χ0) is 12.7. The largest absolute Gasteiger partial charge is 0.466 e. The zero-order valence-electron chi connectivity index (χ0n) is 10.7. The summed E-state index contributed by atoms with van der Waals surface area (Å²) in [5.74, 6) is -0.128. The van der Waals surface area contributed by atoms with Crippen LogP contribution in [0.2, 0.25) is 0 Å². The fraction of sp³-hybridized carbons (Fsp3) is 0.846. The van der Waals surface area contributed by atoms with Gasteiger partial charge in [0, 0.05) is 0 Å². The maximum atomic E-state index is 11.5. The van der Waals surface area contributed by atoms with Gasteiger partial charge in [0.15, 0.2) is 0 Å². The molecule has 98 valence electrons. The third-order valence-electron chi connectivity index (χ3n) is 3.22. The minimum absolute atomic E-state index is 0.0211. The van der Waals surface area contributed by atoms with Crippen LogP contribution in [-0.4, -0.2) is 24.6 Å². The van der Waals surface area contributed by atoms with Gasteiger partial charge >= 0.3 is 11.9 Å². The Kier molecular flexibility index (Phi) is 6.01. The molecule has 4 nitrogen and oxygen atoms in total. The first-order valence-corrected chi connectivity index (χ1v) is 6.48. The summed E-state index contributed by atoms with van der Waals surface area (Å²) in [6.07, 6.45) is 4.97. The van der Waals surface area contributed by atoms with Crippen LogP contribution in [0.3, 0.4) is 0 Å². The van der Waals surface area contributed by atoms with Crippen molar-refractivity contribution in [3.05, 3.63) is 0 Å². The van der Waals surface area contributed by atoms with E-state index in [1.54, 1.807) is 6.92 Å². The summed E-state index contributed by atoms with van der Waals surface area (Å²) in [5.41, 5.74) is 0. The molecule has 4 heteroatoms. The highest BCUT2D eigenvalue weighted by atomic mass is 16.5. The fourth-order valence-corrected chi connectivity index (χ4v) is 2.23. The van der Waals surface area contributed by atoms with Crippen LogP contribution in [0.1, 0.15) is 52.4 Å². The van der Waals surface area contributed by atoms with Gasteiger partial charge in [0.05, 0.1) is 19.4 Å². The van der Waals surface area contributed by atoms with Crippen LogP contribution in [0.25, 0.3) is 0 Å². The molecule has 0 heterocycles. The van der Waals surface area contributed by atoms with Gasteiger partial charge in [-0.2, -0.15) is 0 Å². The smallest absolute Gasteiger partial charge is 0.306 e. The van der Waals surface area contributed by atoms with Gasteiger partial charge in [-0.25, -0.2) is 0 Å². The van der Waals surface area contributed by atoms with E-state index in [0.717, 1.165) is 12.8 Å². The maximum Gasteiger partial charge on any atom is 0.306 e. The lowest BCUT2D eigenvalue weighted by Gasteiger charge is -2.19. The highest BCUT2D eigenvalue weighted by Crippen LogP contribution is 2.29. The summed E-state index contributed by atoms with van der Waals surface area (Å²) in [6, 6.07) is 0. The van der Waals surface area contributed by atoms with Crippen LogP contribution in [0.4, 0.5) is 0 Å². The third kappa shape index (κ3) is 5.20. The van der Waals surface area contributed by atoms with Crippen LogP contribution < -0.4 is 0 Å². The number of hydrogen-bond acceptors (Lipinski definition) is 4. The van der Waals surface area contributed by atoms with Crippen LogP contribution in [0.5, 0.6) is 0 Å². The lowest BCUT2D eigenvalue weighted by Crippen LogP contribution is -2.22. The van der Waals surface area contributed by atoms with E-state index in [1.165, 1.54) is 12.8 Å². The predicted molar refractivity (Wildman–Crippen MR) is 63.4 cm³/mol. The number of hydrogen-bond donors (Lipinski definition) is 0. The molecule has 1 aliphatic carbocycles. The van der Waals surface area contributed by atoms with E-state index in [1.807, 2.05) is 6.92 Å². The highest BCUT2D eigenvalue weighted by molar-refractivity contribution is 5.77. The van der Waals surface area contributed by atoms with Gasteiger partial charge in [-0.1, -0.05) is 12.8 Å². The zero-order valence-corrected chi connectivity index (χ0v) is 10.7. The molecule has 0 N–H and O–H groups in total. The Morgan fingerprint density at radius 1 is 1.18 bits per heavy atom. The van der Waals surface area contributed by atoms with E-state index in [-0.39, 0.29) is 30.9 Å². The van der Waals surface area contributed by atoms with Crippen molar-refractivity contribution < 1.29 is 19.1 Å². The van der Waals surface area contributed by atoms with Crippen molar-refractivity contribution in [1.82, 2.24) is 0 Å². The molecule has 0 aliphatic heterocycles. The summed E-state index contributed by atoms with van der Waals surface area (Å²) >= 11 is 0. The molecule has 0 radical (unpaired) electrons. The van der Waals surface area contributed by atoms with E-state index >= 15 is 0 Å². The molecule has 0 aromatic rings. The van der Waals surface area contributed by atoms with Gasteiger partial charge in [0.2, 0.25) is 0 Å². The van der Waals surface area contributed by atoms with Gasteiger partial charge < -0.3 is 9.47 Å². The number of carbonyl (C=O) groups is 2. The lowest BCUT2D eigenvalue weighted by atomic mass is 10.0. The van der Waals surface area contributed by atoms with Crippen molar-refractivity contribution in [2.75, 3.05) is 6.61 Å². The average molecular weight is 242 g/mol. The molecule has 1 aliphatic rings. The summed E-state index contributed by atoms with van der Waals surface area (Å²) in [4.78, 5) is 22.5. The second-order valence-electron chi connectivity index (χ2n) is 4.54. The van der Waals surface area contributed by atoms with Crippen LogP contribution in [-0.2, 0) is 19.1 Å². The monoisotopic (exact) mass is 242 g/mol. The van der Waals surface area contributed by atoms with Crippen molar-refractivity contribution in [3.63, 3.8) is 0 Å². The van der Waals surface area contributed by atoms with Gasteiger partial charge in [-0.15, -0.1) is 0 Å². The molecule has 0 bridgehead atoms. The predicted octanol–water partition coefficient (Wildman–Crippen LogP) is 2.45. The summed E-state index contributed by atoms with van der Waals surface area (Å²) in [7, 11) is 0. The van der Waals surface area contributed by atoms with Gasteiger partial charge in [0.25, 0.3) is 0 Å². The van der Waals surface area contributed by atoms with Gasteiger partial charge in [-0.05, 0) is 32.6 Å². The van der Waals surface area contributed by atoms with Crippen LogP contribution >= 0.6 is 0 Å². The summed E-state index contributed by atoms with van der Waals surface area (Å²) in [6.45, 7) is 4.04. The first-order valence-electron chi connectivity index (χ1n) is 6.48. The standard InChI is InChI=1S/C13H22O4/c1-3-16-12(14)8-9-13(15)17-10(2)11-6-4-5-7-11/h10-11H,3-9H2,1-2H3. The van der Waals surface area contributed by atoms with Crippen LogP contribution in [0.15, 0.2) is 0 Å². The molecule has 0 amide bonds. The molecule has 17 heavy (non-hydrogen) atoms. The normalized spacial score (nSPS) is 17.8. The molecular formula is C13H22O4. The molecule has 1 saturated carbocycles. The Balaban J connectivity index is 2.17. The minimum Gasteiger partial charge on any atom is -0.466 e. The number of esters is 2. The molecule has 0 spiro atoms. The molecule has 0 aromatic heterocycles. The minimum atomic E-state index is -0.335. The quantitative estimate of drug-likeness (QED) is 0.671. The van der Waals surface area contributed by atoms with Crippen molar-refractivity contribution >= 4 is 11.9 Å². The topological polar surface area (TPSA) is 52.6 Å². The average Bonchev–Trinajstić information content (AvgIpc) is 2.80. The van der Waals surface area contributed by atoms with E-state index in [2.05, 4.69) is 0 Å². The van der Waals surface area contributed by atoms with Crippen molar-refractivity contribution in [1.29, 1.82) is 0 Å².